The first-order valence-corrected chi connectivity index (χ1v) is 11.2. The van der Waals surface area contributed by atoms with E-state index in [0.29, 0.717) is 31.9 Å². The molecule has 4 rings (SSSR count). The van der Waals surface area contributed by atoms with Crippen molar-refractivity contribution >= 4 is 64.4 Å². The molecule has 1 saturated heterocycles. The number of carbonyl (C=O) groups is 3. The van der Waals surface area contributed by atoms with Crippen molar-refractivity contribution in [2.24, 2.45) is 0 Å². The van der Waals surface area contributed by atoms with E-state index in [1.165, 1.54) is 6.08 Å². The summed E-state index contributed by atoms with van der Waals surface area (Å²) in [4.78, 5) is 39.3. The summed E-state index contributed by atoms with van der Waals surface area (Å²) in [6.07, 6.45) is 1.34. The number of hydrogen-bond donors (Lipinski definition) is 1. The summed E-state index contributed by atoms with van der Waals surface area (Å²) in [7, 11) is 0. The average molecular weight is 516 g/mol. The molecular weight excluding hydrogens is 499 g/mol. The normalized spacial score (nSPS) is 15.0. The molecule has 0 saturated carbocycles. The van der Waals surface area contributed by atoms with Gasteiger partial charge in [-0.2, -0.15) is 0 Å². The third-order valence-corrected chi connectivity index (χ3v) is 6.02. The molecule has 1 heterocycles. The predicted molar refractivity (Wildman–Crippen MR) is 132 cm³/mol. The summed E-state index contributed by atoms with van der Waals surface area (Å²) in [6.45, 7) is 1.88. The molecule has 1 aliphatic heterocycles. The van der Waals surface area contributed by atoms with Crippen molar-refractivity contribution in [2.45, 2.75) is 13.5 Å². The van der Waals surface area contributed by atoms with Crippen molar-refractivity contribution in [1.82, 2.24) is 5.32 Å². The lowest BCUT2D eigenvalue weighted by Crippen LogP contribution is -2.54. The molecule has 9 heteroatoms. The number of nitrogens with one attached hydrogen (secondary N) is 1. The Bertz CT molecular complexity index is 1350. The lowest BCUT2D eigenvalue weighted by molar-refractivity contribution is -0.122. The molecule has 0 aliphatic carbocycles. The highest BCUT2D eigenvalue weighted by Gasteiger charge is 2.37. The minimum atomic E-state index is -0.860. The molecule has 6 nitrogen and oxygen atoms in total. The first-order valence-electron chi connectivity index (χ1n) is 10.1. The SMILES string of the molecule is Cc1c(Cl)cccc1N1C(=O)NC(=O)/C(=C\c2cc(Cl)ccc2OCc2cccc(Cl)c2)C1=O. The zero-order chi connectivity index (χ0) is 24.4. The van der Waals surface area contributed by atoms with Crippen LogP contribution < -0.4 is 15.0 Å². The highest BCUT2D eigenvalue weighted by molar-refractivity contribution is 6.40. The molecule has 0 atom stereocenters. The van der Waals surface area contributed by atoms with Crippen LogP contribution in [0.2, 0.25) is 15.1 Å². The fourth-order valence-electron chi connectivity index (χ4n) is 3.42. The van der Waals surface area contributed by atoms with Crippen LogP contribution in [-0.2, 0) is 16.2 Å². The topological polar surface area (TPSA) is 75.7 Å². The Morgan fingerprint density at radius 2 is 1.68 bits per heavy atom. The molecule has 172 valence electrons. The average Bonchev–Trinajstić information content (AvgIpc) is 2.79. The number of amides is 4. The van der Waals surface area contributed by atoms with Crippen molar-refractivity contribution in [2.75, 3.05) is 4.90 Å². The molecule has 1 N–H and O–H groups in total. The summed E-state index contributed by atoms with van der Waals surface area (Å²) in [5, 5.41) is 3.54. The van der Waals surface area contributed by atoms with Gasteiger partial charge < -0.3 is 4.74 Å². The van der Waals surface area contributed by atoms with E-state index in [-0.39, 0.29) is 17.9 Å². The first-order chi connectivity index (χ1) is 16.2. The third kappa shape index (κ3) is 4.94. The maximum absolute atomic E-state index is 13.3. The number of halogens is 3. The van der Waals surface area contributed by atoms with Gasteiger partial charge in [0.15, 0.2) is 0 Å². The van der Waals surface area contributed by atoms with Gasteiger partial charge in [-0.1, -0.05) is 53.0 Å². The second-order valence-electron chi connectivity index (χ2n) is 7.44. The van der Waals surface area contributed by atoms with Gasteiger partial charge in [0.25, 0.3) is 11.8 Å². The van der Waals surface area contributed by atoms with Crippen LogP contribution in [-0.4, -0.2) is 17.8 Å². The number of rotatable bonds is 5. The fourth-order valence-corrected chi connectivity index (χ4v) is 3.98. The Morgan fingerprint density at radius 3 is 2.44 bits per heavy atom. The molecule has 0 radical (unpaired) electrons. The van der Waals surface area contributed by atoms with E-state index in [9.17, 15) is 14.4 Å². The molecule has 0 bridgehead atoms. The van der Waals surface area contributed by atoms with Gasteiger partial charge in [0.05, 0.1) is 5.69 Å². The number of carbonyl (C=O) groups excluding carboxylic acids is 3. The van der Waals surface area contributed by atoms with Crippen LogP contribution in [0.3, 0.4) is 0 Å². The molecule has 1 aliphatic rings. The summed E-state index contributed by atoms with van der Waals surface area (Å²) >= 11 is 18.4. The monoisotopic (exact) mass is 514 g/mol. The Labute approximate surface area is 210 Å². The lowest BCUT2D eigenvalue weighted by Gasteiger charge is -2.27. The number of urea groups is 1. The summed E-state index contributed by atoms with van der Waals surface area (Å²) in [5.74, 6) is -1.23. The molecule has 34 heavy (non-hydrogen) atoms. The number of nitrogens with zero attached hydrogens (tertiary/aromatic N) is 1. The van der Waals surface area contributed by atoms with E-state index in [1.54, 1.807) is 61.5 Å². The second-order valence-corrected chi connectivity index (χ2v) is 8.72. The molecule has 1 fully saturated rings. The summed E-state index contributed by atoms with van der Waals surface area (Å²) < 4.78 is 5.91. The van der Waals surface area contributed by atoms with Gasteiger partial charge >= 0.3 is 6.03 Å². The van der Waals surface area contributed by atoms with Gasteiger partial charge in [-0.25, -0.2) is 9.69 Å². The predicted octanol–water partition coefficient (Wildman–Crippen LogP) is 6.20. The van der Waals surface area contributed by atoms with Crippen LogP contribution in [0.4, 0.5) is 10.5 Å². The molecule has 3 aromatic rings. The third-order valence-electron chi connectivity index (χ3n) is 5.14. The van der Waals surface area contributed by atoms with E-state index in [4.69, 9.17) is 39.5 Å². The molecule has 0 spiro atoms. The van der Waals surface area contributed by atoms with E-state index in [0.717, 1.165) is 10.5 Å². The minimum absolute atomic E-state index is 0.199. The second kappa shape index (κ2) is 9.89. The van der Waals surface area contributed by atoms with Crippen LogP contribution in [0.15, 0.2) is 66.2 Å². The molecular formula is C25H17Cl3N2O4. The van der Waals surface area contributed by atoms with Crippen LogP contribution in [0, 0.1) is 6.92 Å². The Balaban J connectivity index is 1.70. The van der Waals surface area contributed by atoms with Crippen LogP contribution in [0.1, 0.15) is 16.7 Å². The summed E-state index contributed by atoms with van der Waals surface area (Å²) in [6, 6.07) is 16.0. The van der Waals surface area contributed by atoms with Gasteiger partial charge in [-0.3, -0.25) is 14.9 Å². The number of barbiturate groups is 1. The molecule has 4 amide bonds. The number of imide groups is 2. The molecule has 0 aromatic heterocycles. The lowest BCUT2D eigenvalue weighted by atomic mass is 10.0. The number of benzene rings is 3. The Hall–Kier alpha value is -3.32. The van der Waals surface area contributed by atoms with Gasteiger partial charge in [-0.05, 0) is 66.6 Å². The van der Waals surface area contributed by atoms with Crippen LogP contribution in [0.25, 0.3) is 6.08 Å². The van der Waals surface area contributed by atoms with Crippen molar-refractivity contribution < 1.29 is 19.1 Å². The zero-order valence-corrected chi connectivity index (χ0v) is 20.0. The van der Waals surface area contributed by atoms with E-state index < -0.39 is 17.8 Å². The molecule has 3 aromatic carbocycles. The van der Waals surface area contributed by atoms with E-state index in [2.05, 4.69) is 5.32 Å². The van der Waals surface area contributed by atoms with Crippen molar-refractivity contribution in [3.8, 4) is 5.75 Å². The van der Waals surface area contributed by atoms with Gasteiger partial charge in [0.2, 0.25) is 0 Å². The standard InChI is InChI=1S/C25H17Cl3N2O4/c1-14-20(28)6-3-7-21(14)30-24(32)19(23(31)29-25(30)33)12-16-11-18(27)8-9-22(16)34-13-15-4-2-5-17(26)10-15/h2-12H,13H2,1H3,(H,29,31,33)/b19-12+. The van der Waals surface area contributed by atoms with Gasteiger partial charge in [0.1, 0.15) is 17.9 Å². The van der Waals surface area contributed by atoms with Crippen molar-refractivity contribution in [3.05, 3.63) is 98.0 Å². The van der Waals surface area contributed by atoms with Crippen LogP contribution >= 0.6 is 34.8 Å². The fraction of sp³-hybridized carbons (Fsp3) is 0.0800. The molecule has 0 unspecified atom stereocenters. The van der Waals surface area contributed by atoms with Gasteiger partial charge in [-0.15, -0.1) is 0 Å². The van der Waals surface area contributed by atoms with Gasteiger partial charge in [0, 0.05) is 20.6 Å². The number of ether oxygens (including phenoxy) is 1. The zero-order valence-electron chi connectivity index (χ0n) is 17.8. The quantitative estimate of drug-likeness (QED) is 0.324. The van der Waals surface area contributed by atoms with E-state index in [1.807, 2.05) is 6.07 Å². The highest BCUT2D eigenvalue weighted by atomic mass is 35.5. The van der Waals surface area contributed by atoms with Crippen LogP contribution in [0.5, 0.6) is 5.75 Å². The van der Waals surface area contributed by atoms with Crippen molar-refractivity contribution in [3.63, 3.8) is 0 Å². The highest BCUT2D eigenvalue weighted by Crippen LogP contribution is 2.31. The largest absolute Gasteiger partial charge is 0.488 e. The first kappa shape index (κ1) is 23.8. The van der Waals surface area contributed by atoms with E-state index >= 15 is 0 Å². The van der Waals surface area contributed by atoms with Crippen molar-refractivity contribution in [1.29, 1.82) is 0 Å². The smallest absolute Gasteiger partial charge is 0.335 e. The Morgan fingerprint density at radius 1 is 0.941 bits per heavy atom. The maximum atomic E-state index is 13.3. The maximum Gasteiger partial charge on any atom is 0.335 e. The number of hydrogen-bond acceptors (Lipinski definition) is 4. The number of anilines is 1. The summed E-state index contributed by atoms with van der Waals surface area (Å²) in [5.41, 5.74) is 1.77. The Kier molecular flexibility index (Phi) is 6.93. The minimum Gasteiger partial charge on any atom is -0.488 e.